The van der Waals surface area contributed by atoms with E-state index in [1.165, 1.54) is 5.57 Å². The molecular weight excluding hydrogens is 288 g/mol. The highest BCUT2D eigenvalue weighted by atomic mass is 32.2. The lowest BCUT2D eigenvalue weighted by atomic mass is 10.0. The first-order valence-electron chi connectivity index (χ1n) is 7.74. The fourth-order valence-corrected chi connectivity index (χ4v) is 5.42. The maximum absolute atomic E-state index is 12.0. The molecule has 2 rings (SSSR count). The molecule has 2 aliphatic heterocycles. The number of nitrogens with zero attached hydrogens (tertiary/aromatic N) is 2. The molecule has 6 heteroatoms. The third-order valence-electron chi connectivity index (χ3n) is 4.46. The zero-order chi connectivity index (χ0) is 15.5. The lowest BCUT2D eigenvalue weighted by Gasteiger charge is -2.43. The summed E-state index contributed by atoms with van der Waals surface area (Å²) in [5.41, 5.74) is 1.32. The van der Waals surface area contributed by atoms with Crippen LogP contribution in [0.25, 0.3) is 0 Å². The Bertz CT molecular complexity index is 471. The lowest BCUT2D eigenvalue weighted by Crippen LogP contribution is -2.59. The third-order valence-corrected chi connectivity index (χ3v) is 6.16. The van der Waals surface area contributed by atoms with E-state index in [0.29, 0.717) is 18.1 Å². The first kappa shape index (κ1) is 16.9. The van der Waals surface area contributed by atoms with Gasteiger partial charge in [-0.05, 0) is 20.3 Å². The second-order valence-electron chi connectivity index (χ2n) is 6.35. The predicted octanol–water partition coefficient (Wildman–Crippen LogP) is 0.772. The van der Waals surface area contributed by atoms with Crippen LogP contribution < -0.4 is 0 Å². The van der Waals surface area contributed by atoms with Crippen molar-refractivity contribution < 1.29 is 13.2 Å². The molecule has 0 aromatic rings. The van der Waals surface area contributed by atoms with Crippen LogP contribution in [0.4, 0.5) is 0 Å². The molecule has 0 aromatic carbocycles. The van der Waals surface area contributed by atoms with Crippen LogP contribution in [-0.2, 0) is 14.6 Å². The largest absolute Gasteiger partial charge is 0.383 e. The molecule has 2 aliphatic rings. The normalized spacial score (nSPS) is 29.3. The van der Waals surface area contributed by atoms with Gasteiger partial charge >= 0.3 is 0 Å². The number of hydrogen-bond acceptors (Lipinski definition) is 5. The Balaban J connectivity index is 2.02. The minimum Gasteiger partial charge on any atom is -0.383 e. The molecule has 0 saturated carbocycles. The van der Waals surface area contributed by atoms with Crippen molar-refractivity contribution in [3.8, 4) is 0 Å². The van der Waals surface area contributed by atoms with Gasteiger partial charge in [0.25, 0.3) is 0 Å². The van der Waals surface area contributed by atoms with Gasteiger partial charge in [0.05, 0.1) is 18.1 Å². The number of methoxy groups -OCH3 is 1. The van der Waals surface area contributed by atoms with Gasteiger partial charge in [-0.3, -0.25) is 9.80 Å². The molecule has 122 valence electrons. The van der Waals surface area contributed by atoms with Crippen LogP contribution in [0.15, 0.2) is 11.6 Å². The van der Waals surface area contributed by atoms with E-state index in [4.69, 9.17) is 4.74 Å². The van der Waals surface area contributed by atoms with Crippen molar-refractivity contribution in [3.05, 3.63) is 11.6 Å². The summed E-state index contributed by atoms with van der Waals surface area (Å²) in [6.45, 7) is 8.55. The molecule has 0 spiro atoms. The topological polar surface area (TPSA) is 49.9 Å². The number of piperazine rings is 1. The number of rotatable bonds is 6. The zero-order valence-corrected chi connectivity index (χ0v) is 14.2. The Hall–Kier alpha value is -0.430. The van der Waals surface area contributed by atoms with Gasteiger partial charge in [0.2, 0.25) is 0 Å². The fourth-order valence-electron chi connectivity index (χ4n) is 3.38. The highest BCUT2D eigenvalue weighted by molar-refractivity contribution is 7.91. The summed E-state index contributed by atoms with van der Waals surface area (Å²) < 4.78 is 29.2. The lowest BCUT2D eigenvalue weighted by molar-refractivity contribution is 0.0303. The van der Waals surface area contributed by atoms with E-state index >= 15 is 0 Å². The van der Waals surface area contributed by atoms with Gasteiger partial charge in [-0.25, -0.2) is 8.42 Å². The second-order valence-corrected chi connectivity index (χ2v) is 8.50. The number of fused-ring (bicyclic) bond motifs is 1. The van der Waals surface area contributed by atoms with Crippen LogP contribution in [0.2, 0.25) is 0 Å². The van der Waals surface area contributed by atoms with Gasteiger partial charge in [-0.15, -0.1) is 0 Å². The van der Waals surface area contributed by atoms with Crippen LogP contribution >= 0.6 is 0 Å². The van der Waals surface area contributed by atoms with E-state index in [9.17, 15) is 8.42 Å². The van der Waals surface area contributed by atoms with E-state index in [0.717, 1.165) is 32.6 Å². The Morgan fingerprint density at radius 2 is 1.71 bits per heavy atom. The van der Waals surface area contributed by atoms with Crippen LogP contribution in [0.1, 0.15) is 20.3 Å². The average Bonchev–Trinajstić information content (AvgIpc) is 2.72. The Kier molecular flexibility index (Phi) is 5.82. The van der Waals surface area contributed by atoms with E-state index < -0.39 is 9.84 Å². The van der Waals surface area contributed by atoms with Gasteiger partial charge in [0.1, 0.15) is 0 Å². The molecule has 0 radical (unpaired) electrons. The van der Waals surface area contributed by atoms with Crippen LogP contribution in [0, 0.1) is 0 Å². The summed E-state index contributed by atoms with van der Waals surface area (Å²) in [6, 6.07) is 0.303. The molecule has 2 atom stereocenters. The summed E-state index contributed by atoms with van der Waals surface area (Å²) >= 11 is 0. The molecule has 0 aromatic heterocycles. The molecule has 0 unspecified atom stereocenters. The van der Waals surface area contributed by atoms with Crippen molar-refractivity contribution in [2.45, 2.75) is 32.4 Å². The summed E-state index contributed by atoms with van der Waals surface area (Å²) in [7, 11) is -1.21. The maximum Gasteiger partial charge on any atom is 0.153 e. The SMILES string of the molecule is COCCN1CCN(CCC=C(C)C)[C@H]2CS(=O)(=O)C[C@H]21. The van der Waals surface area contributed by atoms with Gasteiger partial charge < -0.3 is 4.74 Å². The van der Waals surface area contributed by atoms with Crippen molar-refractivity contribution in [1.29, 1.82) is 0 Å². The molecule has 5 nitrogen and oxygen atoms in total. The van der Waals surface area contributed by atoms with Crippen molar-refractivity contribution in [2.24, 2.45) is 0 Å². The quantitative estimate of drug-likeness (QED) is 0.678. The molecule has 2 heterocycles. The molecule has 0 bridgehead atoms. The monoisotopic (exact) mass is 316 g/mol. The van der Waals surface area contributed by atoms with Crippen molar-refractivity contribution in [2.75, 3.05) is 51.4 Å². The smallest absolute Gasteiger partial charge is 0.153 e. The first-order valence-corrected chi connectivity index (χ1v) is 9.56. The van der Waals surface area contributed by atoms with Crippen LogP contribution in [0.5, 0.6) is 0 Å². The summed E-state index contributed by atoms with van der Waals surface area (Å²) in [5.74, 6) is 0.622. The standard InChI is InChI=1S/C15H28N2O3S/c1-13(2)5-4-6-16-7-8-17(9-10-20-3)15-12-21(18,19)11-14(15)16/h5,14-15H,4,6-12H2,1-3H3/t14-,15+/m0/s1. The van der Waals surface area contributed by atoms with E-state index in [1.807, 2.05) is 0 Å². The summed E-state index contributed by atoms with van der Waals surface area (Å²) in [5, 5.41) is 0. The number of allylic oxidation sites excluding steroid dienone is 1. The molecule has 2 saturated heterocycles. The number of hydrogen-bond donors (Lipinski definition) is 0. The third kappa shape index (κ3) is 4.52. The van der Waals surface area contributed by atoms with Crippen molar-refractivity contribution in [1.82, 2.24) is 9.80 Å². The summed E-state index contributed by atoms with van der Waals surface area (Å²) in [6.07, 6.45) is 3.24. The van der Waals surface area contributed by atoms with Crippen molar-refractivity contribution in [3.63, 3.8) is 0 Å². The minimum absolute atomic E-state index is 0.144. The van der Waals surface area contributed by atoms with Gasteiger partial charge in [0.15, 0.2) is 9.84 Å². The zero-order valence-electron chi connectivity index (χ0n) is 13.4. The number of sulfone groups is 1. The molecule has 0 amide bonds. The van der Waals surface area contributed by atoms with Gasteiger partial charge in [-0.2, -0.15) is 0 Å². The van der Waals surface area contributed by atoms with E-state index in [-0.39, 0.29) is 12.1 Å². The predicted molar refractivity (Wildman–Crippen MR) is 85.3 cm³/mol. The van der Waals surface area contributed by atoms with E-state index in [1.54, 1.807) is 7.11 Å². The fraction of sp³-hybridized carbons (Fsp3) is 0.867. The van der Waals surface area contributed by atoms with Crippen molar-refractivity contribution >= 4 is 9.84 Å². The average molecular weight is 316 g/mol. The molecule has 0 aliphatic carbocycles. The summed E-state index contributed by atoms with van der Waals surface area (Å²) in [4.78, 5) is 4.67. The van der Waals surface area contributed by atoms with Gasteiger partial charge in [-0.1, -0.05) is 11.6 Å². The van der Waals surface area contributed by atoms with Crippen LogP contribution in [0.3, 0.4) is 0 Å². The van der Waals surface area contributed by atoms with E-state index in [2.05, 4.69) is 29.7 Å². The Labute approximate surface area is 128 Å². The van der Waals surface area contributed by atoms with Gasteiger partial charge in [0, 0.05) is 45.4 Å². The molecule has 21 heavy (non-hydrogen) atoms. The highest BCUT2D eigenvalue weighted by Crippen LogP contribution is 2.27. The molecule has 0 N–H and O–H groups in total. The Morgan fingerprint density at radius 1 is 1.14 bits per heavy atom. The minimum atomic E-state index is -2.90. The molecule has 2 fully saturated rings. The first-order chi connectivity index (χ1) is 9.93. The second kappa shape index (κ2) is 7.22. The Morgan fingerprint density at radius 3 is 2.24 bits per heavy atom. The highest BCUT2D eigenvalue weighted by Gasteiger charge is 2.45. The molecular formula is C15H28N2O3S. The van der Waals surface area contributed by atoms with Crippen LogP contribution in [-0.4, -0.2) is 81.7 Å². The maximum atomic E-state index is 12.0. The number of ether oxygens (including phenoxy) is 1.